The van der Waals surface area contributed by atoms with Gasteiger partial charge >= 0.3 is 12.1 Å². The van der Waals surface area contributed by atoms with Gasteiger partial charge in [0, 0.05) is 11.4 Å². The standard InChI is InChI=1S/C12H13N5O3S2/c13-9(18)15-11(19)20-6-7-21-12-17-16-10(22-12)14-8-4-2-1-3-5-8/h1-5H,6-7H2,(H,14,16)(H3,13,15,18,19). The molecule has 0 spiro atoms. The fourth-order valence-corrected chi connectivity index (χ4v) is 3.02. The van der Waals surface area contributed by atoms with E-state index in [1.165, 1.54) is 23.1 Å². The highest BCUT2D eigenvalue weighted by atomic mass is 32.2. The zero-order valence-corrected chi connectivity index (χ0v) is 12.9. The number of aromatic nitrogens is 2. The summed E-state index contributed by atoms with van der Waals surface area (Å²) in [6.45, 7) is 0.130. The van der Waals surface area contributed by atoms with E-state index >= 15 is 0 Å². The van der Waals surface area contributed by atoms with Crippen LogP contribution in [0.2, 0.25) is 0 Å². The van der Waals surface area contributed by atoms with Crippen LogP contribution in [0, 0.1) is 0 Å². The number of anilines is 2. The molecule has 0 aliphatic heterocycles. The van der Waals surface area contributed by atoms with Gasteiger partial charge in [-0.3, -0.25) is 0 Å². The largest absolute Gasteiger partial charge is 0.448 e. The summed E-state index contributed by atoms with van der Waals surface area (Å²) >= 11 is 2.79. The smallest absolute Gasteiger partial charge is 0.415 e. The van der Waals surface area contributed by atoms with E-state index in [4.69, 9.17) is 10.5 Å². The Kier molecular flexibility index (Phi) is 5.98. The summed E-state index contributed by atoms with van der Waals surface area (Å²) in [5, 5.41) is 13.7. The number of amides is 3. The molecule has 0 aliphatic carbocycles. The topological polar surface area (TPSA) is 119 Å². The molecule has 1 aromatic carbocycles. The van der Waals surface area contributed by atoms with Gasteiger partial charge < -0.3 is 15.8 Å². The molecule has 1 heterocycles. The monoisotopic (exact) mass is 339 g/mol. The maximum absolute atomic E-state index is 11.0. The quantitative estimate of drug-likeness (QED) is 0.545. The number of thioether (sulfide) groups is 1. The molecule has 8 nitrogen and oxygen atoms in total. The van der Waals surface area contributed by atoms with Gasteiger partial charge in [0.05, 0.1) is 0 Å². The second kappa shape index (κ2) is 8.20. The van der Waals surface area contributed by atoms with Crippen LogP contribution in [0.25, 0.3) is 0 Å². The van der Waals surface area contributed by atoms with Crippen molar-refractivity contribution >= 4 is 46.0 Å². The van der Waals surface area contributed by atoms with Crippen molar-refractivity contribution in [1.29, 1.82) is 0 Å². The van der Waals surface area contributed by atoms with Crippen molar-refractivity contribution in [3.63, 3.8) is 0 Å². The number of carbonyl (C=O) groups is 2. The lowest BCUT2D eigenvalue weighted by Crippen LogP contribution is -2.35. The van der Waals surface area contributed by atoms with E-state index in [2.05, 4.69) is 15.5 Å². The highest BCUT2D eigenvalue weighted by Gasteiger charge is 2.07. The molecule has 1 aromatic heterocycles. The molecule has 2 rings (SSSR count). The molecular weight excluding hydrogens is 326 g/mol. The summed E-state index contributed by atoms with van der Waals surface area (Å²) in [5.74, 6) is 0.492. The van der Waals surface area contributed by atoms with Crippen LogP contribution in [0.15, 0.2) is 34.7 Å². The SMILES string of the molecule is NC(=O)NC(=O)OCCSc1nnc(Nc2ccccc2)s1. The third-order valence-electron chi connectivity index (χ3n) is 2.20. The third kappa shape index (κ3) is 5.58. The molecule has 0 bridgehead atoms. The number of hydrogen-bond donors (Lipinski definition) is 3. The van der Waals surface area contributed by atoms with Gasteiger partial charge in [-0.2, -0.15) is 0 Å². The number of benzene rings is 1. The molecule has 10 heteroatoms. The lowest BCUT2D eigenvalue weighted by molar-refractivity contribution is 0.154. The van der Waals surface area contributed by atoms with Crippen LogP contribution in [-0.2, 0) is 4.74 Å². The van der Waals surface area contributed by atoms with Gasteiger partial charge in [-0.1, -0.05) is 41.3 Å². The van der Waals surface area contributed by atoms with Crippen molar-refractivity contribution in [3.8, 4) is 0 Å². The molecule has 3 amide bonds. The minimum absolute atomic E-state index is 0.130. The van der Waals surface area contributed by atoms with Crippen LogP contribution < -0.4 is 16.4 Å². The number of urea groups is 1. The van der Waals surface area contributed by atoms with E-state index in [0.717, 1.165) is 10.0 Å². The van der Waals surface area contributed by atoms with Crippen molar-refractivity contribution in [3.05, 3.63) is 30.3 Å². The van der Waals surface area contributed by atoms with Gasteiger partial charge in [0.25, 0.3) is 0 Å². The number of hydrogen-bond acceptors (Lipinski definition) is 8. The van der Waals surface area contributed by atoms with Crippen LogP contribution >= 0.6 is 23.1 Å². The maximum atomic E-state index is 11.0. The number of imide groups is 1. The first-order chi connectivity index (χ1) is 10.6. The first-order valence-electron chi connectivity index (χ1n) is 6.15. The Balaban J connectivity index is 1.71. The number of carbonyl (C=O) groups excluding carboxylic acids is 2. The molecule has 0 atom stereocenters. The van der Waals surface area contributed by atoms with Gasteiger partial charge in [-0.25, -0.2) is 14.9 Å². The minimum Gasteiger partial charge on any atom is -0.448 e. The van der Waals surface area contributed by atoms with Gasteiger partial charge in [0.2, 0.25) is 5.13 Å². The van der Waals surface area contributed by atoms with Crippen molar-refractivity contribution in [2.45, 2.75) is 4.34 Å². The molecule has 0 fully saturated rings. The number of ether oxygens (including phenoxy) is 1. The van der Waals surface area contributed by atoms with Crippen molar-refractivity contribution in [2.24, 2.45) is 5.73 Å². The molecule has 116 valence electrons. The van der Waals surface area contributed by atoms with Crippen LogP contribution in [-0.4, -0.2) is 34.7 Å². The Labute approximate surface area is 134 Å². The van der Waals surface area contributed by atoms with Crippen LogP contribution in [0.1, 0.15) is 0 Å². The van der Waals surface area contributed by atoms with Crippen molar-refractivity contribution < 1.29 is 14.3 Å². The molecule has 2 aromatic rings. The summed E-state index contributed by atoms with van der Waals surface area (Å²) in [5.41, 5.74) is 5.71. The molecule has 22 heavy (non-hydrogen) atoms. The van der Waals surface area contributed by atoms with E-state index in [1.54, 1.807) is 5.32 Å². The molecule has 0 saturated carbocycles. The van der Waals surface area contributed by atoms with Gasteiger partial charge in [-0.15, -0.1) is 10.2 Å². The average Bonchev–Trinajstić information content (AvgIpc) is 2.91. The highest BCUT2D eigenvalue weighted by molar-refractivity contribution is 8.01. The maximum Gasteiger partial charge on any atom is 0.415 e. The van der Waals surface area contributed by atoms with E-state index in [-0.39, 0.29) is 6.61 Å². The minimum atomic E-state index is -0.946. The van der Waals surface area contributed by atoms with Gasteiger partial charge in [-0.05, 0) is 12.1 Å². The fourth-order valence-electron chi connectivity index (χ4n) is 1.36. The van der Waals surface area contributed by atoms with Crippen molar-refractivity contribution in [1.82, 2.24) is 15.5 Å². The van der Waals surface area contributed by atoms with Crippen LogP contribution in [0.5, 0.6) is 0 Å². The molecule has 0 aliphatic rings. The Morgan fingerprint density at radius 3 is 2.77 bits per heavy atom. The van der Waals surface area contributed by atoms with Crippen molar-refractivity contribution in [2.75, 3.05) is 17.7 Å². The van der Waals surface area contributed by atoms with Gasteiger partial charge in [0.1, 0.15) is 6.61 Å². The average molecular weight is 339 g/mol. The fraction of sp³-hybridized carbons (Fsp3) is 0.167. The molecule has 4 N–H and O–H groups in total. The molecule has 0 unspecified atom stereocenters. The Morgan fingerprint density at radius 2 is 2.05 bits per heavy atom. The lowest BCUT2D eigenvalue weighted by Gasteiger charge is -2.02. The Bertz CT molecular complexity index is 635. The Hall–Kier alpha value is -2.33. The van der Waals surface area contributed by atoms with Crippen LogP contribution in [0.3, 0.4) is 0 Å². The first-order valence-corrected chi connectivity index (χ1v) is 7.95. The number of nitrogens with zero attached hydrogens (tertiary/aromatic N) is 2. The summed E-state index contributed by atoms with van der Waals surface area (Å²) < 4.78 is 5.49. The Morgan fingerprint density at radius 1 is 1.27 bits per heavy atom. The zero-order chi connectivity index (χ0) is 15.8. The summed E-state index contributed by atoms with van der Waals surface area (Å²) in [4.78, 5) is 21.4. The highest BCUT2D eigenvalue weighted by Crippen LogP contribution is 2.27. The predicted molar refractivity (Wildman–Crippen MR) is 84.4 cm³/mol. The summed E-state index contributed by atoms with van der Waals surface area (Å²) in [6, 6.07) is 8.69. The number of primary amides is 1. The normalized spacial score (nSPS) is 10.0. The lowest BCUT2D eigenvalue weighted by atomic mass is 10.3. The van der Waals surface area contributed by atoms with Gasteiger partial charge in [0.15, 0.2) is 4.34 Å². The number of para-hydroxylation sites is 1. The zero-order valence-electron chi connectivity index (χ0n) is 11.3. The molecule has 0 saturated heterocycles. The van der Waals surface area contributed by atoms with E-state index < -0.39 is 12.1 Å². The number of alkyl carbamates (subject to hydrolysis) is 1. The summed E-state index contributed by atoms with van der Waals surface area (Å²) in [6.07, 6.45) is -0.864. The number of nitrogens with two attached hydrogens (primary N) is 1. The molecular formula is C12H13N5O3S2. The summed E-state index contributed by atoms with van der Waals surface area (Å²) in [7, 11) is 0. The van der Waals surface area contributed by atoms with E-state index in [0.29, 0.717) is 10.9 Å². The third-order valence-corrected chi connectivity index (χ3v) is 4.14. The number of rotatable bonds is 6. The van der Waals surface area contributed by atoms with E-state index in [1.807, 2.05) is 30.3 Å². The second-order valence-corrected chi connectivity index (χ2v) is 6.16. The second-order valence-electron chi connectivity index (χ2n) is 3.84. The predicted octanol–water partition coefficient (Wildman–Crippen LogP) is 2.18. The van der Waals surface area contributed by atoms with E-state index in [9.17, 15) is 9.59 Å². The first kappa shape index (κ1) is 16.0. The van der Waals surface area contributed by atoms with Crippen LogP contribution in [0.4, 0.5) is 20.4 Å². The molecule has 0 radical (unpaired) electrons. The number of nitrogens with one attached hydrogen (secondary N) is 2.